The third-order valence-corrected chi connectivity index (χ3v) is 5.91. The number of aliphatic hydroxyl groups is 1. The number of benzene rings is 1. The van der Waals surface area contributed by atoms with Gasteiger partial charge in [-0.2, -0.15) is 0 Å². The van der Waals surface area contributed by atoms with Crippen molar-refractivity contribution >= 4 is 28.3 Å². The van der Waals surface area contributed by atoms with Gasteiger partial charge in [0.15, 0.2) is 5.17 Å². The van der Waals surface area contributed by atoms with Crippen LogP contribution in [0.5, 0.6) is 0 Å². The number of rotatable bonds is 4. The van der Waals surface area contributed by atoms with Gasteiger partial charge in [0.1, 0.15) is 0 Å². The number of nitro benzene ring substituents is 1. The Morgan fingerprint density at radius 1 is 1.42 bits per heavy atom. The second-order valence-electron chi connectivity index (χ2n) is 6.59. The van der Waals surface area contributed by atoms with Crippen molar-refractivity contribution in [3.8, 4) is 0 Å². The highest BCUT2D eigenvalue weighted by Crippen LogP contribution is 2.36. The van der Waals surface area contributed by atoms with Crippen LogP contribution in [0, 0.1) is 17.0 Å². The lowest BCUT2D eigenvalue weighted by molar-refractivity contribution is -0.384. The van der Waals surface area contributed by atoms with Crippen LogP contribution in [0.4, 0.5) is 11.4 Å². The van der Waals surface area contributed by atoms with E-state index in [0.717, 1.165) is 35.0 Å². The Kier molecular flexibility index (Phi) is 5.10. The lowest BCUT2D eigenvalue weighted by Gasteiger charge is -2.33. The molecule has 1 heterocycles. The van der Waals surface area contributed by atoms with Crippen molar-refractivity contribution in [2.75, 3.05) is 5.75 Å². The molecule has 0 amide bonds. The molecule has 2 aliphatic rings. The van der Waals surface area contributed by atoms with Crippen molar-refractivity contribution in [3.63, 3.8) is 0 Å². The maximum absolute atomic E-state index is 10.9. The quantitative estimate of drug-likeness (QED) is 0.663. The zero-order valence-corrected chi connectivity index (χ0v) is 14.8. The molecule has 6 nitrogen and oxygen atoms in total. The number of hydrogen-bond donors (Lipinski definition) is 1. The van der Waals surface area contributed by atoms with Crippen molar-refractivity contribution in [2.24, 2.45) is 4.99 Å². The summed E-state index contributed by atoms with van der Waals surface area (Å²) < 4.78 is 0. The lowest BCUT2D eigenvalue weighted by atomic mass is 10.1. The Morgan fingerprint density at radius 2 is 2.12 bits per heavy atom. The molecule has 1 saturated carbocycles. The molecule has 1 saturated heterocycles. The van der Waals surface area contributed by atoms with Crippen molar-refractivity contribution < 1.29 is 10.0 Å². The van der Waals surface area contributed by atoms with Gasteiger partial charge in [-0.25, -0.2) is 4.99 Å². The molecule has 1 aliphatic heterocycles. The van der Waals surface area contributed by atoms with Gasteiger partial charge in [0.05, 0.1) is 22.8 Å². The molecule has 0 unspecified atom stereocenters. The predicted octanol–water partition coefficient (Wildman–Crippen LogP) is 3.63. The molecule has 0 aromatic heterocycles. The van der Waals surface area contributed by atoms with E-state index in [0.29, 0.717) is 6.04 Å². The zero-order valence-electron chi connectivity index (χ0n) is 14.0. The fourth-order valence-electron chi connectivity index (χ4n) is 3.51. The second-order valence-corrected chi connectivity index (χ2v) is 7.57. The second kappa shape index (κ2) is 7.11. The number of aliphatic hydroxyl groups excluding tert-OH is 1. The molecule has 0 radical (unpaired) electrons. The monoisotopic (exact) mass is 349 g/mol. The van der Waals surface area contributed by atoms with Crippen LogP contribution in [0.3, 0.4) is 0 Å². The average molecular weight is 349 g/mol. The van der Waals surface area contributed by atoms with Crippen LogP contribution in [0.25, 0.3) is 0 Å². The van der Waals surface area contributed by atoms with E-state index in [4.69, 9.17) is 4.99 Å². The maximum Gasteiger partial charge on any atom is 0.269 e. The fraction of sp³-hybridized carbons (Fsp3) is 0.588. The first kappa shape index (κ1) is 17.2. The van der Waals surface area contributed by atoms with E-state index in [2.05, 4.69) is 4.90 Å². The summed E-state index contributed by atoms with van der Waals surface area (Å²) in [7, 11) is 0. The summed E-state index contributed by atoms with van der Waals surface area (Å²) in [5, 5.41) is 22.0. The van der Waals surface area contributed by atoms with Gasteiger partial charge in [0.2, 0.25) is 0 Å². The Morgan fingerprint density at radius 3 is 2.71 bits per heavy atom. The largest absolute Gasteiger partial charge is 0.391 e. The first-order valence-electron chi connectivity index (χ1n) is 8.40. The number of amidine groups is 1. The molecule has 7 heteroatoms. The number of nitro groups is 1. The Bertz CT molecular complexity index is 656. The molecule has 0 bridgehead atoms. The molecule has 0 spiro atoms. The van der Waals surface area contributed by atoms with Gasteiger partial charge in [0.25, 0.3) is 5.69 Å². The standard InChI is InChI=1S/C17H23N3O3S/c1-11-9-14(20(22)23)7-8-15(11)18-17-19(13-5-3-4-6-13)16(10-24-17)12(2)21/h7-9,12-13,16,21H,3-6,10H2,1-2H3/t12-,16+/m0/s1. The first-order chi connectivity index (χ1) is 11.5. The van der Waals surface area contributed by atoms with Crippen LogP contribution in [0.15, 0.2) is 23.2 Å². The summed E-state index contributed by atoms with van der Waals surface area (Å²) in [6.45, 7) is 3.69. The summed E-state index contributed by atoms with van der Waals surface area (Å²) >= 11 is 1.67. The van der Waals surface area contributed by atoms with E-state index in [1.807, 2.05) is 13.8 Å². The SMILES string of the molecule is Cc1cc([N+](=O)[O-])ccc1N=C1SC[C@H]([C@H](C)O)N1C1CCCC1. The topological polar surface area (TPSA) is 79.0 Å². The third-order valence-electron chi connectivity index (χ3n) is 4.84. The van der Waals surface area contributed by atoms with Gasteiger partial charge in [0, 0.05) is 23.9 Å². The highest BCUT2D eigenvalue weighted by molar-refractivity contribution is 8.14. The Hall–Kier alpha value is -1.60. The first-order valence-corrected chi connectivity index (χ1v) is 9.39. The summed E-state index contributed by atoms with van der Waals surface area (Å²) in [5.41, 5.74) is 1.64. The number of aliphatic imine (C=N–C) groups is 1. The molecule has 3 rings (SSSR count). The normalized spacial score (nSPS) is 24.7. The molecule has 24 heavy (non-hydrogen) atoms. The van der Waals surface area contributed by atoms with E-state index in [-0.39, 0.29) is 16.7 Å². The third kappa shape index (κ3) is 3.42. The minimum absolute atomic E-state index is 0.0880. The van der Waals surface area contributed by atoms with Gasteiger partial charge >= 0.3 is 0 Å². The lowest BCUT2D eigenvalue weighted by Crippen LogP contribution is -2.46. The van der Waals surface area contributed by atoms with Crippen molar-refractivity contribution in [2.45, 2.75) is 57.7 Å². The van der Waals surface area contributed by atoms with Crippen LogP contribution in [-0.4, -0.2) is 44.0 Å². The van der Waals surface area contributed by atoms with E-state index in [1.54, 1.807) is 23.9 Å². The molecule has 1 N–H and O–H groups in total. The van der Waals surface area contributed by atoms with Gasteiger partial charge in [-0.15, -0.1) is 0 Å². The molecule has 2 atom stereocenters. The summed E-state index contributed by atoms with van der Waals surface area (Å²) in [6, 6.07) is 5.30. The van der Waals surface area contributed by atoms with E-state index in [1.165, 1.54) is 18.9 Å². The number of thioether (sulfide) groups is 1. The van der Waals surface area contributed by atoms with E-state index >= 15 is 0 Å². The van der Waals surface area contributed by atoms with E-state index < -0.39 is 6.10 Å². The molecule has 1 aromatic carbocycles. The van der Waals surface area contributed by atoms with Crippen LogP contribution < -0.4 is 0 Å². The fourth-order valence-corrected chi connectivity index (χ4v) is 4.86. The van der Waals surface area contributed by atoms with E-state index in [9.17, 15) is 15.2 Å². The Labute approximate surface area is 146 Å². The van der Waals surface area contributed by atoms with Gasteiger partial charge in [-0.3, -0.25) is 10.1 Å². The predicted molar refractivity (Wildman–Crippen MR) is 97.0 cm³/mol. The van der Waals surface area contributed by atoms with Crippen LogP contribution >= 0.6 is 11.8 Å². The van der Waals surface area contributed by atoms with Crippen molar-refractivity contribution in [1.82, 2.24) is 4.90 Å². The summed E-state index contributed by atoms with van der Waals surface area (Å²) in [6.07, 6.45) is 4.33. The molecular formula is C17H23N3O3S. The molecule has 1 aliphatic carbocycles. The van der Waals surface area contributed by atoms with Crippen molar-refractivity contribution in [1.29, 1.82) is 0 Å². The number of aryl methyl sites for hydroxylation is 1. The van der Waals surface area contributed by atoms with Crippen LogP contribution in [-0.2, 0) is 0 Å². The minimum Gasteiger partial charge on any atom is -0.391 e. The van der Waals surface area contributed by atoms with Gasteiger partial charge in [-0.1, -0.05) is 24.6 Å². The number of nitrogens with zero attached hydrogens (tertiary/aromatic N) is 3. The summed E-state index contributed by atoms with van der Waals surface area (Å²) in [5.74, 6) is 0.832. The smallest absolute Gasteiger partial charge is 0.269 e. The molecular weight excluding hydrogens is 326 g/mol. The van der Waals surface area contributed by atoms with Crippen LogP contribution in [0.2, 0.25) is 0 Å². The highest BCUT2D eigenvalue weighted by atomic mass is 32.2. The van der Waals surface area contributed by atoms with Crippen LogP contribution in [0.1, 0.15) is 38.2 Å². The number of hydrogen-bond acceptors (Lipinski definition) is 5. The molecule has 1 aromatic rings. The van der Waals surface area contributed by atoms with Gasteiger partial charge < -0.3 is 10.0 Å². The highest BCUT2D eigenvalue weighted by Gasteiger charge is 2.38. The zero-order chi connectivity index (χ0) is 17.3. The molecule has 130 valence electrons. The van der Waals surface area contributed by atoms with Gasteiger partial charge in [-0.05, 0) is 38.3 Å². The number of non-ortho nitro benzene ring substituents is 1. The average Bonchev–Trinajstić information content (AvgIpc) is 3.17. The summed E-state index contributed by atoms with van der Waals surface area (Å²) in [4.78, 5) is 17.6. The Balaban J connectivity index is 1.91. The maximum atomic E-state index is 10.9. The molecule has 2 fully saturated rings. The van der Waals surface area contributed by atoms with Crippen molar-refractivity contribution in [3.05, 3.63) is 33.9 Å². The minimum atomic E-state index is -0.399.